The largest absolute Gasteiger partial charge is 0.462 e. The normalized spacial score (nSPS) is 25.5. The molecule has 0 aromatic carbocycles. The number of carbonyl (C=O) groups excluding carboxylic acids is 1. The van der Waals surface area contributed by atoms with Gasteiger partial charge in [0.2, 0.25) is 0 Å². The second-order valence-electron chi connectivity index (χ2n) is 3.62. The summed E-state index contributed by atoms with van der Waals surface area (Å²) in [5.74, 6) is 0.340. The molecule has 0 spiro atoms. The first kappa shape index (κ1) is 7.14. The maximum Gasteiger partial charge on any atom is 0.309 e. The van der Waals surface area contributed by atoms with Crippen molar-refractivity contribution in [2.75, 3.05) is 0 Å². The number of hydrogen-bond acceptors (Lipinski definition) is 2. The van der Waals surface area contributed by atoms with Gasteiger partial charge in [0.25, 0.3) is 0 Å². The molecule has 2 aliphatic rings. The highest BCUT2D eigenvalue weighted by molar-refractivity contribution is 5.75. The smallest absolute Gasteiger partial charge is 0.309 e. The van der Waals surface area contributed by atoms with Gasteiger partial charge in [-0.15, -0.1) is 0 Å². The van der Waals surface area contributed by atoms with Crippen molar-refractivity contribution in [3.63, 3.8) is 0 Å². The zero-order valence-corrected chi connectivity index (χ0v) is 6.71. The molecule has 0 bridgehead atoms. The summed E-state index contributed by atoms with van der Waals surface area (Å²) in [6.07, 6.45) is 7.06. The van der Waals surface area contributed by atoms with E-state index in [4.69, 9.17) is 4.74 Å². The van der Waals surface area contributed by atoms with Crippen LogP contribution in [0.1, 0.15) is 38.5 Å². The molecule has 0 aromatic rings. The Labute approximate surface area is 66.9 Å². The number of esters is 1. The Balaban J connectivity index is 1.74. The third-order valence-corrected chi connectivity index (χ3v) is 2.50. The van der Waals surface area contributed by atoms with Crippen LogP contribution in [0, 0.1) is 5.92 Å². The monoisotopic (exact) mass is 154 g/mol. The molecule has 0 amide bonds. The maximum atomic E-state index is 11.1. The predicted octanol–water partition coefficient (Wildman–Crippen LogP) is 1.88. The minimum Gasteiger partial charge on any atom is -0.462 e. The van der Waals surface area contributed by atoms with Gasteiger partial charge in [0, 0.05) is 0 Å². The SMILES string of the molecule is O=C(OC1CCCC1)C1CC1. The predicted molar refractivity (Wildman–Crippen MR) is 41.1 cm³/mol. The summed E-state index contributed by atoms with van der Waals surface area (Å²) in [4.78, 5) is 11.1. The van der Waals surface area contributed by atoms with Gasteiger partial charge in [-0.3, -0.25) is 4.79 Å². The van der Waals surface area contributed by atoms with Gasteiger partial charge in [-0.25, -0.2) is 0 Å². The molecular formula is C9H14O2. The molecule has 0 unspecified atom stereocenters. The third-order valence-electron chi connectivity index (χ3n) is 2.50. The van der Waals surface area contributed by atoms with Crippen molar-refractivity contribution in [2.45, 2.75) is 44.6 Å². The molecule has 62 valence electrons. The highest BCUT2D eigenvalue weighted by atomic mass is 16.5. The Kier molecular flexibility index (Phi) is 1.84. The number of ether oxygens (including phenoxy) is 1. The Morgan fingerprint density at radius 3 is 2.27 bits per heavy atom. The number of hydrogen-bond donors (Lipinski definition) is 0. The van der Waals surface area contributed by atoms with Gasteiger partial charge < -0.3 is 4.74 Å². The quantitative estimate of drug-likeness (QED) is 0.568. The van der Waals surface area contributed by atoms with Crippen LogP contribution in [0.3, 0.4) is 0 Å². The molecule has 11 heavy (non-hydrogen) atoms. The van der Waals surface area contributed by atoms with Crippen molar-refractivity contribution in [2.24, 2.45) is 5.92 Å². The molecule has 0 heterocycles. The Morgan fingerprint density at radius 2 is 1.73 bits per heavy atom. The summed E-state index contributed by atoms with van der Waals surface area (Å²) in [6.45, 7) is 0. The minimum atomic E-state index is 0.0666. The van der Waals surface area contributed by atoms with E-state index >= 15 is 0 Å². The first-order valence-corrected chi connectivity index (χ1v) is 4.57. The Hall–Kier alpha value is -0.530. The molecule has 0 aromatic heterocycles. The fraction of sp³-hybridized carbons (Fsp3) is 0.889. The van der Waals surface area contributed by atoms with Crippen LogP contribution < -0.4 is 0 Å². The molecule has 2 fully saturated rings. The van der Waals surface area contributed by atoms with Crippen LogP contribution >= 0.6 is 0 Å². The van der Waals surface area contributed by atoms with Gasteiger partial charge >= 0.3 is 5.97 Å². The van der Waals surface area contributed by atoms with Crippen LogP contribution in [0.25, 0.3) is 0 Å². The molecule has 2 saturated carbocycles. The van der Waals surface area contributed by atoms with Crippen LogP contribution in [-0.2, 0) is 9.53 Å². The average molecular weight is 154 g/mol. The van der Waals surface area contributed by atoms with E-state index in [-0.39, 0.29) is 18.0 Å². The summed E-state index contributed by atoms with van der Waals surface area (Å²) >= 11 is 0. The van der Waals surface area contributed by atoms with E-state index in [9.17, 15) is 4.79 Å². The molecule has 2 aliphatic carbocycles. The van der Waals surface area contributed by atoms with Gasteiger partial charge in [-0.05, 0) is 38.5 Å². The average Bonchev–Trinajstić information content (AvgIpc) is 2.73. The van der Waals surface area contributed by atoms with E-state index in [1.807, 2.05) is 0 Å². The summed E-state index contributed by atoms with van der Waals surface area (Å²) in [5, 5.41) is 0. The van der Waals surface area contributed by atoms with Crippen molar-refractivity contribution in [1.29, 1.82) is 0 Å². The van der Waals surface area contributed by atoms with Crippen molar-refractivity contribution < 1.29 is 9.53 Å². The van der Waals surface area contributed by atoms with Crippen molar-refractivity contribution in [3.8, 4) is 0 Å². The lowest BCUT2D eigenvalue weighted by Gasteiger charge is -2.09. The minimum absolute atomic E-state index is 0.0666. The van der Waals surface area contributed by atoms with Gasteiger partial charge in [0.15, 0.2) is 0 Å². The maximum absolute atomic E-state index is 11.1. The van der Waals surface area contributed by atoms with Crippen molar-refractivity contribution in [1.82, 2.24) is 0 Å². The summed E-state index contributed by atoms with van der Waals surface area (Å²) in [7, 11) is 0. The fourth-order valence-corrected chi connectivity index (χ4v) is 1.59. The zero-order valence-electron chi connectivity index (χ0n) is 6.71. The molecule has 0 radical (unpaired) electrons. The van der Waals surface area contributed by atoms with Gasteiger partial charge in [0.1, 0.15) is 6.10 Å². The first-order chi connectivity index (χ1) is 5.36. The van der Waals surface area contributed by atoms with Crippen LogP contribution in [0.4, 0.5) is 0 Å². The van der Waals surface area contributed by atoms with E-state index in [0.29, 0.717) is 0 Å². The summed E-state index contributed by atoms with van der Waals surface area (Å²) in [6, 6.07) is 0. The lowest BCUT2D eigenvalue weighted by Crippen LogP contribution is -2.15. The van der Waals surface area contributed by atoms with E-state index in [1.54, 1.807) is 0 Å². The molecule has 0 aliphatic heterocycles. The third kappa shape index (κ3) is 1.73. The molecule has 2 heteroatoms. The Morgan fingerprint density at radius 1 is 1.09 bits per heavy atom. The molecule has 0 N–H and O–H groups in total. The van der Waals surface area contributed by atoms with E-state index in [0.717, 1.165) is 25.7 Å². The first-order valence-electron chi connectivity index (χ1n) is 4.57. The molecule has 0 atom stereocenters. The van der Waals surface area contributed by atoms with Gasteiger partial charge in [-0.1, -0.05) is 0 Å². The van der Waals surface area contributed by atoms with Crippen LogP contribution in [0.15, 0.2) is 0 Å². The summed E-state index contributed by atoms with van der Waals surface area (Å²) < 4.78 is 5.30. The second-order valence-corrected chi connectivity index (χ2v) is 3.62. The summed E-state index contributed by atoms with van der Waals surface area (Å²) in [5.41, 5.74) is 0. The zero-order chi connectivity index (χ0) is 7.68. The standard InChI is InChI=1S/C9H14O2/c10-9(7-5-6-7)11-8-3-1-2-4-8/h7-8H,1-6H2. The van der Waals surface area contributed by atoms with E-state index in [2.05, 4.69) is 0 Å². The van der Waals surface area contributed by atoms with Gasteiger partial charge in [0.05, 0.1) is 5.92 Å². The number of rotatable bonds is 2. The molecule has 0 saturated heterocycles. The van der Waals surface area contributed by atoms with E-state index < -0.39 is 0 Å². The lowest BCUT2D eigenvalue weighted by atomic mass is 10.3. The highest BCUT2D eigenvalue weighted by Crippen LogP contribution is 2.32. The van der Waals surface area contributed by atoms with Crippen LogP contribution in [-0.4, -0.2) is 12.1 Å². The lowest BCUT2D eigenvalue weighted by molar-refractivity contribution is -0.150. The van der Waals surface area contributed by atoms with Crippen molar-refractivity contribution >= 4 is 5.97 Å². The van der Waals surface area contributed by atoms with Crippen molar-refractivity contribution in [3.05, 3.63) is 0 Å². The fourth-order valence-electron chi connectivity index (χ4n) is 1.59. The second kappa shape index (κ2) is 2.84. The number of carbonyl (C=O) groups is 1. The Bertz CT molecular complexity index is 155. The highest BCUT2D eigenvalue weighted by Gasteiger charge is 2.33. The van der Waals surface area contributed by atoms with E-state index in [1.165, 1.54) is 12.8 Å². The molecule has 2 nitrogen and oxygen atoms in total. The van der Waals surface area contributed by atoms with Gasteiger partial charge in [-0.2, -0.15) is 0 Å². The van der Waals surface area contributed by atoms with Crippen LogP contribution in [0.2, 0.25) is 0 Å². The molecule has 2 rings (SSSR count). The topological polar surface area (TPSA) is 26.3 Å². The molecular weight excluding hydrogens is 140 g/mol. The van der Waals surface area contributed by atoms with Crippen LogP contribution in [0.5, 0.6) is 0 Å².